The number of benzene rings is 1. The van der Waals surface area contributed by atoms with E-state index in [0.29, 0.717) is 0 Å². The lowest BCUT2D eigenvalue weighted by molar-refractivity contribution is -0.274. The molecule has 0 saturated carbocycles. The summed E-state index contributed by atoms with van der Waals surface area (Å²) in [7, 11) is -1.11. The minimum Gasteiger partial charge on any atom is -0.405 e. The van der Waals surface area contributed by atoms with Gasteiger partial charge in [0, 0.05) is 19.8 Å². The third kappa shape index (κ3) is 4.33. The maximum absolute atomic E-state index is 12.2. The summed E-state index contributed by atoms with van der Waals surface area (Å²) in [5, 5.41) is 0. The van der Waals surface area contributed by atoms with Crippen molar-refractivity contribution in [2.75, 3.05) is 14.2 Å². The van der Waals surface area contributed by atoms with Crippen molar-refractivity contribution in [1.29, 1.82) is 0 Å². The molecule has 0 spiro atoms. The van der Waals surface area contributed by atoms with Gasteiger partial charge in [-0.3, -0.25) is 4.57 Å². The largest absolute Gasteiger partial charge is 0.573 e. The van der Waals surface area contributed by atoms with E-state index in [0.717, 1.165) is 20.3 Å². The molecule has 0 bridgehead atoms. The Bertz CT molecular complexity index is 439. The van der Waals surface area contributed by atoms with Crippen LogP contribution in [0.15, 0.2) is 24.3 Å². The standard InChI is InChI=1S/C10H12F3O4P/c1-15-18(14,16-2)7-8-5-3-4-6-9(8)17-10(11,12)13/h3-6H,7H2,1-2H3. The lowest BCUT2D eigenvalue weighted by Gasteiger charge is -2.17. The normalized spacial score (nSPS) is 12.5. The molecule has 0 aliphatic rings. The maximum Gasteiger partial charge on any atom is 0.573 e. The molecule has 1 aromatic carbocycles. The second-order valence-corrected chi connectivity index (χ2v) is 5.56. The second-order valence-electron chi connectivity index (χ2n) is 3.29. The highest BCUT2D eigenvalue weighted by atomic mass is 31.2. The molecular formula is C10H12F3O4P. The second kappa shape index (κ2) is 5.73. The van der Waals surface area contributed by atoms with Crippen molar-refractivity contribution >= 4 is 7.60 Å². The van der Waals surface area contributed by atoms with Crippen molar-refractivity contribution in [3.8, 4) is 5.75 Å². The van der Waals surface area contributed by atoms with Crippen LogP contribution in [0.4, 0.5) is 13.2 Å². The van der Waals surface area contributed by atoms with Gasteiger partial charge in [-0.05, 0) is 6.07 Å². The molecule has 0 heterocycles. The third-order valence-electron chi connectivity index (χ3n) is 2.12. The highest BCUT2D eigenvalue weighted by Gasteiger charge is 2.33. The van der Waals surface area contributed by atoms with Crippen LogP contribution in [0, 0.1) is 0 Å². The van der Waals surface area contributed by atoms with E-state index in [1.807, 2.05) is 0 Å². The summed E-state index contributed by atoms with van der Waals surface area (Å²) in [4.78, 5) is 0. The molecule has 0 aromatic heterocycles. The SMILES string of the molecule is COP(=O)(Cc1ccccc1OC(F)(F)F)OC. The van der Waals surface area contributed by atoms with Crippen LogP contribution in [-0.2, 0) is 19.8 Å². The van der Waals surface area contributed by atoms with Gasteiger partial charge in [0.15, 0.2) is 0 Å². The first-order chi connectivity index (χ1) is 8.29. The van der Waals surface area contributed by atoms with Crippen LogP contribution in [-0.4, -0.2) is 20.6 Å². The molecule has 18 heavy (non-hydrogen) atoms. The lowest BCUT2D eigenvalue weighted by Crippen LogP contribution is -2.18. The van der Waals surface area contributed by atoms with Gasteiger partial charge in [0.1, 0.15) is 5.75 Å². The zero-order valence-corrected chi connectivity index (χ0v) is 10.6. The fourth-order valence-electron chi connectivity index (χ4n) is 1.27. The Balaban J connectivity index is 2.99. The van der Waals surface area contributed by atoms with E-state index in [-0.39, 0.29) is 11.7 Å². The predicted octanol–water partition coefficient (Wildman–Crippen LogP) is 3.57. The van der Waals surface area contributed by atoms with Crippen molar-refractivity contribution in [2.45, 2.75) is 12.5 Å². The van der Waals surface area contributed by atoms with Crippen LogP contribution in [0.5, 0.6) is 5.75 Å². The number of ether oxygens (including phenoxy) is 1. The summed E-state index contributed by atoms with van der Waals surface area (Å²) in [6, 6.07) is 5.40. The Morgan fingerprint density at radius 3 is 2.22 bits per heavy atom. The van der Waals surface area contributed by atoms with Gasteiger partial charge in [0.2, 0.25) is 0 Å². The molecule has 8 heteroatoms. The molecule has 0 radical (unpaired) electrons. The van der Waals surface area contributed by atoms with Crippen molar-refractivity contribution < 1.29 is 31.5 Å². The maximum atomic E-state index is 12.2. The minimum atomic E-state index is -4.81. The number of hydrogen-bond acceptors (Lipinski definition) is 4. The van der Waals surface area contributed by atoms with Gasteiger partial charge >= 0.3 is 14.0 Å². The van der Waals surface area contributed by atoms with Crippen molar-refractivity contribution in [3.63, 3.8) is 0 Å². The number of para-hydroxylation sites is 1. The van der Waals surface area contributed by atoms with E-state index < -0.39 is 19.7 Å². The van der Waals surface area contributed by atoms with Gasteiger partial charge in [0.05, 0.1) is 6.16 Å². The van der Waals surface area contributed by atoms with Crippen LogP contribution < -0.4 is 4.74 Å². The van der Waals surface area contributed by atoms with Crippen molar-refractivity contribution in [2.24, 2.45) is 0 Å². The average molecular weight is 284 g/mol. The van der Waals surface area contributed by atoms with Crippen LogP contribution >= 0.6 is 7.60 Å². The van der Waals surface area contributed by atoms with Crippen LogP contribution in [0.3, 0.4) is 0 Å². The molecule has 0 amide bonds. The number of hydrogen-bond donors (Lipinski definition) is 0. The molecule has 1 aromatic rings. The Morgan fingerprint density at radius 1 is 1.17 bits per heavy atom. The first kappa shape index (κ1) is 15.0. The lowest BCUT2D eigenvalue weighted by atomic mass is 10.2. The Labute approximate surface area is 102 Å². The van der Waals surface area contributed by atoms with Gasteiger partial charge in [-0.25, -0.2) is 0 Å². The number of halogens is 3. The summed E-state index contributed by atoms with van der Waals surface area (Å²) in [6.07, 6.45) is -5.10. The minimum absolute atomic E-state index is 0.0989. The molecule has 0 N–H and O–H groups in total. The summed E-state index contributed by atoms with van der Waals surface area (Å²) < 4.78 is 61.5. The zero-order valence-electron chi connectivity index (χ0n) is 9.73. The molecule has 0 fully saturated rings. The van der Waals surface area contributed by atoms with Crippen molar-refractivity contribution in [3.05, 3.63) is 29.8 Å². The van der Waals surface area contributed by atoms with E-state index in [2.05, 4.69) is 13.8 Å². The topological polar surface area (TPSA) is 44.8 Å². The smallest absolute Gasteiger partial charge is 0.405 e. The molecule has 102 valence electrons. The average Bonchev–Trinajstić information content (AvgIpc) is 2.30. The van der Waals surface area contributed by atoms with E-state index >= 15 is 0 Å². The Morgan fingerprint density at radius 2 is 1.72 bits per heavy atom. The molecule has 4 nitrogen and oxygen atoms in total. The highest BCUT2D eigenvalue weighted by Crippen LogP contribution is 2.51. The molecule has 1 rings (SSSR count). The zero-order chi connectivity index (χ0) is 13.8. The Kier molecular flexibility index (Phi) is 4.78. The van der Waals surface area contributed by atoms with Crippen LogP contribution in [0.2, 0.25) is 0 Å². The number of rotatable bonds is 5. The fraction of sp³-hybridized carbons (Fsp3) is 0.400. The summed E-state index contributed by atoms with van der Waals surface area (Å²) in [6.45, 7) is 0. The predicted molar refractivity (Wildman–Crippen MR) is 58.5 cm³/mol. The third-order valence-corrected chi connectivity index (χ3v) is 3.96. The van der Waals surface area contributed by atoms with Gasteiger partial charge in [0.25, 0.3) is 0 Å². The number of alkyl halides is 3. The monoisotopic (exact) mass is 284 g/mol. The van der Waals surface area contributed by atoms with Gasteiger partial charge < -0.3 is 13.8 Å². The molecule has 0 aliphatic carbocycles. The first-order valence-electron chi connectivity index (χ1n) is 4.84. The van der Waals surface area contributed by atoms with Crippen LogP contribution in [0.1, 0.15) is 5.56 Å². The van der Waals surface area contributed by atoms with Crippen molar-refractivity contribution in [1.82, 2.24) is 0 Å². The van der Waals surface area contributed by atoms with E-state index in [1.165, 1.54) is 18.2 Å². The van der Waals surface area contributed by atoms with Gasteiger partial charge in [-0.2, -0.15) is 0 Å². The Hall–Kier alpha value is -1.04. The van der Waals surface area contributed by atoms with E-state index in [1.54, 1.807) is 0 Å². The molecule has 0 aliphatic heterocycles. The van der Waals surface area contributed by atoms with Gasteiger partial charge in [-0.15, -0.1) is 13.2 Å². The molecule has 0 atom stereocenters. The summed E-state index contributed by atoms with van der Waals surface area (Å²) in [5.41, 5.74) is 0.0989. The molecule has 0 unspecified atom stereocenters. The highest BCUT2D eigenvalue weighted by molar-refractivity contribution is 7.52. The van der Waals surface area contributed by atoms with E-state index in [4.69, 9.17) is 0 Å². The molecular weight excluding hydrogens is 272 g/mol. The summed E-state index contributed by atoms with van der Waals surface area (Å²) >= 11 is 0. The summed E-state index contributed by atoms with van der Waals surface area (Å²) in [5.74, 6) is -0.417. The fourth-order valence-corrected chi connectivity index (χ4v) is 2.36. The molecule has 0 saturated heterocycles. The van der Waals surface area contributed by atoms with Crippen LogP contribution in [0.25, 0.3) is 0 Å². The quantitative estimate of drug-likeness (QED) is 0.775. The van der Waals surface area contributed by atoms with Gasteiger partial charge in [-0.1, -0.05) is 18.2 Å². The van der Waals surface area contributed by atoms with E-state index in [9.17, 15) is 17.7 Å². The first-order valence-corrected chi connectivity index (χ1v) is 6.56.